The zero-order valence-corrected chi connectivity index (χ0v) is 16.5. The first-order chi connectivity index (χ1) is 13.1. The summed E-state index contributed by atoms with van der Waals surface area (Å²) in [5.74, 6) is 0.525. The summed E-state index contributed by atoms with van der Waals surface area (Å²) in [6.45, 7) is 3.57. The Morgan fingerprint density at radius 3 is 2.30 bits per heavy atom. The highest BCUT2D eigenvalue weighted by atomic mass is 35.5. The Balaban J connectivity index is 1.23. The van der Waals surface area contributed by atoms with E-state index in [0.717, 1.165) is 64.7 Å². The van der Waals surface area contributed by atoms with Crippen molar-refractivity contribution in [1.29, 1.82) is 0 Å². The van der Waals surface area contributed by atoms with Gasteiger partial charge >= 0.3 is 0 Å². The maximum Gasteiger partial charge on any atom is 0.253 e. The highest BCUT2D eigenvalue weighted by molar-refractivity contribution is 6.30. The van der Waals surface area contributed by atoms with E-state index in [2.05, 4.69) is 10.2 Å². The monoisotopic (exact) mass is 389 g/mol. The Kier molecular flexibility index (Phi) is 5.69. The van der Waals surface area contributed by atoms with Crippen LogP contribution < -0.4 is 5.32 Å². The zero-order chi connectivity index (χ0) is 18.8. The van der Waals surface area contributed by atoms with Crippen LogP contribution in [0, 0.1) is 5.92 Å². The lowest BCUT2D eigenvalue weighted by Gasteiger charge is -2.41. The van der Waals surface area contributed by atoms with Gasteiger partial charge in [0.15, 0.2) is 0 Å². The second kappa shape index (κ2) is 8.19. The lowest BCUT2D eigenvalue weighted by molar-refractivity contribution is -0.126. The summed E-state index contributed by atoms with van der Waals surface area (Å²) in [5.41, 5.74) is 0.670. The van der Waals surface area contributed by atoms with Crippen LogP contribution in [0.3, 0.4) is 0 Å². The van der Waals surface area contributed by atoms with Gasteiger partial charge in [-0.15, -0.1) is 0 Å². The number of piperidine rings is 2. The van der Waals surface area contributed by atoms with Crippen molar-refractivity contribution in [2.24, 2.45) is 5.92 Å². The summed E-state index contributed by atoms with van der Waals surface area (Å²) in [4.78, 5) is 29.4. The summed E-state index contributed by atoms with van der Waals surface area (Å²) in [5, 5.41) is 3.75. The molecule has 1 aliphatic carbocycles. The number of nitrogens with one attached hydrogen (secondary N) is 1. The average Bonchev–Trinajstić information content (AvgIpc) is 3.52. The lowest BCUT2D eigenvalue weighted by Crippen LogP contribution is -2.50. The molecule has 2 amide bonds. The number of halogens is 1. The molecule has 0 radical (unpaired) electrons. The number of hydrogen-bond donors (Lipinski definition) is 1. The SMILES string of the molecule is O=C(NC1CC1)C1CCN(C2CCN(C(=O)c3cccc(Cl)c3)CC2)CC1. The Bertz CT molecular complexity index is 690. The van der Waals surface area contributed by atoms with Gasteiger partial charge in [0.25, 0.3) is 5.91 Å². The minimum absolute atomic E-state index is 0.0754. The second-order valence-corrected chi connectivity index (χ2v) is 8.56. The van der Waals surface area contributed by atoms with Crippen LogP contribution in [-0.2, 0) is 4.79 Å². The van der Waals surface area contributed by atoms with Crippen molar-refractivity contribution in [1.82, 2.24) is 15.1 Å². The third-order valence-corrected chi connectivity index (χ3v) is 6.40. The van der Waals surface area contributed by atoms with Crippen molar-refractivity contribution >= 4 is 23.4 Å². The summed E-state index contributed by atoms with van der Waals surface area (Å²) in [6.07, 6.45) is 6.23. The van der Waals surface area contributed by atoms with Crippen molar-refractivity contribution in [3.05, 3.63) is 34.9 Å². The number of amides is 2. The van der Waals surface area contributed by atoms with Crippen molar-refractivity contribution in [2.75, 3.05) is 26.2 Å². The summed E-state index contributed by atoms with van der Waals surface area (Å²) < 4.78 is 0. The number of carbonyl (C=O) groups is 2. The molecule has 4 rings (SSSR count). The first-order valence-electron chi connectivity index (χ1n) is 10.2. The Labute approximate surface area is 166 Å². The summed E-state index contributed by atoms with van der Waals surface area (Å²) in [6, 6.07) is 8.17. The maximum atomic E-state index is 12.7. The van der Waals surface area contributed by atoms with Crippen LogP contribution in [0.5, 0.6) is 0 Å². The molecule has 0 atom stereocenters. The number of rotatable bonds is 4. The lowest BCUT2D eigenvalue weighted by atomic mass is 9.92. The molecule has 3 aliphatic rings. The number of likely N-dealkylation sites (tertiary alicyclic amines) is 2. The topological polar surface area (TPSA) is 52.7 Å². The molecular weight excluding hydrogens is 362 g/mol. The molecule has 2 heterocycles. The van der Waals surface area contributed by atoms with E-state index in [1.54, 1.807) is 12.1 Å². The molecule has 0 aromatic heterocycles. The van der Waals surface area contributed by atoms with Crippen LogP contribution >= 0.6 is 11.6 Å². The molecule has 1 N–H and O–H groups in total. The van der Waals surface area contributed by atoms with E-state index in [1.165, 1.54) is 0 Å². The van der Waals surface area contributed by atoms with E-state index < -0.39 is 0 Å². The van der Waals surface area contributed by atoms with Gasteiger partial charge in [0, 0.05) is 41.7 Å². The van der Waals surface area contributed by atoms with Gasteiger partial charge in [0.2, 0.25) is 5.91 Å². The first kappa shape index (κ1) is 18.8. The smallest absolute Gasteiger partial charge is 0.253 e. The van der Waals surface area contributed by atoms with Gasteiger partial charge in [-0.05, 0) is 69.8 Å². The van der Waals surface area contributed by atoms with Crippen LogP contribution in [0.25, 0.3) is 0 Å². The quantitative estimate of drug-likeness (QED) is 0.861. The van der Waals surface area contributed by atoms with Gasteiger partial charge in [-0.1, -0.05) is 17.7 Å². The van der Waals surface area contributed by atoms with E-state index in [0.29, 0.717) is 22.7 Å². The molecule has 0 spiro atoms. The standard InChI is InChI=1S/C21H28ClN3O2/c22-17-3-1-2-16(14-17)21(27)25-12-8-19(9-13-25)24-10-6-15(7-11-24)20(26)23-18-4-5-18/h1-3,14-15,18-19H,4-13H2,(H,23,26). The Hall–Kier alpha value is -1.59. The largest absolute Gasteiger partial charge is 0.353 e. The van der Waals surface area contributed by atoms with Crippen LogP contribution in [0.1, 0.15) is 48.9 Å². The van der Waals surface area contributed by atoms with E-state index >= 15 is 0 Å². The molecule has 5 nitrogen and oxygen atoms in total. The van der Waals surface area contributed by atoms with E-state index in [9.17, 15) is 9.59 Å². The van der Waals surface area contributed by atoms with Gasteiger partial charge < -0.3 is 15.1 Å². The van der Waals surface area contributed by atoms with E-state index in [4.69, 9.17) is 11.6 Å². The van der Waals surface area contributed by atoms with Crippen molar-refractivity contribution in [2.45, 2.75) is 50.6 Å². The molecule has 0 unspecified atom stereocenters. The van der Waals surface area contributed by atoms with Gasteiger partial charge in [0.05, 0.1) is 0 Å². The summed E-state index contributed by atoms with van der Waals surface area (Å²) in [7, 11) is 0. The van der Waals surface area contributed by atoms with E-state index in [-0.39, 0.29) is 17.7 Å². The number of hydrogen-bond acceptors (Lipinski definition) is 3. The molecule has 1 aromatic carbocycles. The molecule has 1 saturated carbocycles. The molecular formula is C21H28ClN3O2. The molecule has 2 saturated heterocycles. The molecule has 0 bridgehead atoms. The molecule has 6 heteroatoms. The summed E-state index contributed by atoms with van der Waals surface area (Å²) >= 11 is 6.01. The predicted molar refractivity (Wildman–Crippen MR) is 106 cm³/mol. The highest BCUT2D eigenvalue weighted by Gasteiger charge is 2.33. The van der Waals surface area contributed by atoms with E-state index in [1.807, 2.05) is 17.0 Å². The zero-order valence-electron chi connectivity index (χ0n) is 15.7. The molecule has 146 valence electrons. The number of carbonyl (C=O) groups excluding carboxylic acids is 2. The average molecular weight is 390 g/mol. The van der Waals surface area contributed by atoms with Crippen LogP contribution in [0.15, 0.2) is 24.3 Å². The van der Waals surface area contributed by atoms with Crippen molar-refractivity contribution < 1.29 is 9.59 Å². The van der Waals surface area contributed by atoms with Gasteiger partial charge in [0.1, 0.15) is 0 Å². The minimum Gasteiger partial charge on any atom is -0.353 e. The highest BCUT2D eigenvalue weighted by Crippen LogP contribution is 2.26. The fraction of sp³-hybridized carbons (Fsp3) is 0.619. The van der Waals surface area contributed by atoms with Gasteiger partial charge in [-0.3, -0.25) is 9.59 Å². The van der Waals surface area contributed by atoms with Crippen LogP contribution in [0.4, 0.5) is 0 Å². The van der Waals surface area contributed by atoms with Crippen molar-refractivity contribution in [3.63, 3.8) is 0 Å². The minimum atomic E-state index is 0.0754. The molecule has 3 fully saturated rings. The first-order valence-corrected chi connectivity index (χ1v) is 10.6. The van der Waals surface area contributed by atoms with Crippen LogP contribution in [-0.4, -0.2) is 59.9 Å². The number of nitrogens with zero attached hydrogens (tertiary/aromatic N) is 2. The molecule has 27 heavy (non-hydrogen) atoms. The van der Waals surface area contributed by atoms with Gasteiger partial charge in [-0.25, -0.2) is 0 Å². The Morgan fingerprint density at radius 2 is 1.67 bits per heavy atom. The normalized spacial score (nSPS) is 22.6. The maximum absolute atomic E-state index is 12.7. The number of benzene rings is 1. The molecule has 1 aromatic rings. The third kappa shape index (κ3) is 4.64. The van der Waals surface area contributed by atoms with Crippen molar-refractivity contribution in [3.8, 4) is 0 Å². The van der Waals surface area contributed by atoms with Crippen LogP contribution in [0.2, 0.25) is 5.02 Å². The second-order valence-electron chi connectivity index (χ2n) is 8.13. The molecule has 2 aliphatic heterocycles. The predicted octanol–water partition coefficient (Wildman–Crippen LogP) is 2.94. The fourth-order valence-corrected chi connectivity index (χ4v) is 4.50. The fourth-order valence-electron chi connectivity index (χ4n) is 4.31. The van der Waals surface area contributed by atoms with Gasteiger partial charge in [-0.2, -0.15) is 0 Å². The third-order valence-electron chi connectivity index (χ3n) is 6.16. The Morgan fingerprint density at radius 1 is 0.963 bits per heavy atom.